The van der Waals surface area contributed by atoms with E-state index in [0.29, 0.717) is 6.61 Å². The van der Waals surface area contributed by atoms with Crippen LogP contribution in [-0.4, -0.2) is 53.6 Å². The summed E-state index contributed by atoms with van der Waals surface area (Å²) >= 11 is 0. The van der Waals surface area contributed by atoms with Crippen molar-refractivity contribution in [1.29, 1.82) is 0 Å². The van der Waals surface area contributed by atoms with Gasteiger partial charge in [0.2, 0.25) is 0 Å². The summed E-state index contributed by atoms with van der Waals surface area (Å²) in [6.45, 7) is 3.68. The molecule has 1 fully saturated rings. The molecule has 0 radical (unpaired) electrons. The van der Waals surface area contributed by atoms with Crippen molar-refractivity contribution in [3.05, 3.63) is 27.8 Å². The Morgan fingerprint density at radius 1 is 1.32 bits per heavy atom. The zero-order valence-electron chi connectivity index (χ0n) is 16.2. The van der Waals surface area contributed by atoms with Crippen molar-refractivity contribution in [2.24, 2.45) is 0 Å². The van der Waals surface area contributed by atoms with Crippen LogP contribution in [0.1, 0.15) is 49.9 Å². The lowest BCUT2D eigenvalue weighted by atomic mass is 9.96. The van der Waals surface area contributed by atoms with Gasteiger partial charge in [0.05, 0.1) is 30.7 Å². The number of nitro benzene ring substituents is 1. The second-order valence-electron chi connectivity index (χ2n) is 6.60. The topological polar surface area (TPSA) is 116 Å². The molecule has 0 unspecified atom stereocenters. The van der Waals surface area contributed by atoms with Gasteiger partial charge in [-0.15, -0.1) is 0 Å². The van der Waals surface area contributed by atoms with Crippen LogP contribution in [0.25, 0.3) is 0 Å². The molecular weight excluding hydrogens is 368 g/mol. The second-order valence-corrected chi connectivity index (χ2v) is 6.60. The van der Waals surface area contributed by atoms with Crippen LogP contribution in [0.15, 0.2) is 12.1 Å². The molecular formula is C19H24N2O7. The van der Waals surface area contributed by atoms with Crippen LogP contribution in [0, 0.1) is 10.1 Å². The molecule has 1 saturated heterocycles. The molecule has 0 spiro atoms. The fourth-order valence-corrected chi connectivity index (χ4v) is 3.06. The monoisotopic (exact) mass is 392 g/mol. The first kappa shape index (κ1) is 21.3. The molecule has 28 heavy (non-hydrogen) atoms. The lowest BCUT2D eigenvalue weighted by Gasteiger charge is -2.33. The number of amides is 1. The average Bonchev–Trinajstić information content (AvgIpc) is 2.67. The molecule has 1 amide bonds. The van der Waals surface area contributed by atoms with E-state index >= 15 is 0 Å². The van der Waals surface area contributed by atoms with Crippen molar-refractivity contribution < 1.29 is 28.8 Å². The highest BCUT2D eigenvalue weighted by molar-refractivity contribution is 6.03. The Hall–Kier alpha value is -2.97. The number of benzene rings is 1. The predicted octanol–water partition coefficient (Wildman–Crippen LogP) is 2.55. The Labute approximate surface area is 162 Å². The summed E-state index contributed by atoms with van der Waals surface area (Å²) in [6, 6.07) is 1.51. The van der Waals surface area contributed by atoms with Crippen molar-refractivity contribution >= 4 is 23.2 Å². The van der Waals surface area contributed by atoms with Crippen molar-refractivity contribution in [3.63, 3.8) is 0 Å². The summed E-state index contributed by atoms with van der Waals surface area (Å²) in [5, 5.41) is 11.6. The zero-order chi connectivity index (χ0) is 20.8. The fourth-order valence-electron chi connectivity index (χ4n) is 3.06. The Kier molecular flexibility index (Phi) is 7.08. The van der Waals surface area contributed by atoms with E-state index in [1.54, 1.807) is 0 Å². The van der Waals surface area contributed by atoms with Gasteiger partial charge in [-0.1, -0.05) is 13.3 Å². The van der Waals surface area contributed by atoms with E-state index in [-0.39, 0.29) is 48.0 Å². The Morgan fingerprint density at radius 3 is 2.61 bits per heavy atom. The molecule has 1 aliphatic heterocycles. The minimum absolute atomic E-state index is 0.0378. The normalized spacial score (nSPS) is 16.6. The van der Waals surface area contributed by atoms with Crippen molar-refractivity contribution in [3.8, 4) is 11.5 Å². The van der Waals surface area contributed by atoms with E-state index in [4.69, 9.17) is 9.47 Å². The molecule has 1 atom stereocenters. The third-order valence-electron chi connectivity index (χ3n) is 4.62. The number of ether oxygens (including phenoxy) is 2. The number of hydrogen-bond donors (Lipinski definition) is 0. The maximum atomic E-state index is 13.0. The van der Waals surface area contributed by atoms with Crippen LogP contribution in [0.4, 0.5) is 5.69 Å². The van der Waals surface area contributed by atoms with E-state index in [9.17, 15) is 24.5 Å². The minimum atomic E-state index is -0.917. The standard InChI is InChI=1S/C19H24N2O7/c1-4-5-8-28-18-11-16(21(25)26)14(10-17(18)27-3)19(24)20-7-6-13(23)9-15(20)12(2)22/h10-11,15H,4-9H2,1-3H3/t15-/m0/s1. The number of carbonyl (C=O) groups excluding carboxylic acids is 3. The number of hydrogen-bond acceptors (Lipinski definition) is 7. The van der Waals surface area contributed by atoms with Crippen LogP contribution in [0.2, 0.25) is 0 Å². The molecule has 0 N–H and O–H groups in total. The van der Waals surface area contributed by atoms with Crippen LogP contribution >= 0.6 is 0 Å². The highest BCUT2D eigenvalue weighted by atomic mass is 16.6. The molecule has 9 nitrogen and oxygen atoms in total. The molecule has 152 valence electrons. The van der Waals surface area contributed by atoms with Gasteiger partial charge in [0, 0.05) is 25.5 Å². The van der Waals surface area contributed by atoms with Crippen LogP contribution in [0.3, 0.4) is 0 Å². The van der Waals surface area contributed by atoms with E-state index in [0.717, 1.165) is 12.8 Å². The first-order valence-corrected chi connectivity index (χ1v) is 9.12. The number of methoxy groups -OCH3 is 1. The Balaban J connectivity index is 2.44. The molecule has 1 aliphatic rings. The molecule has 1 heterocycles. The summed E-state index contributed by atoms with van der Waals surface area (Å²) in [5.74, 6) is -0.766. The van der Waals surface area contributed by atoms with Crippen LogP contribution < -0.4 is 9.47 Å². The van der Waals surface area contributed by atoms with Gasteiger partial charge in [0.1, 0.15) is 11.3 Å². The summed E-state index contributed by atoms with van der Waals surface area (Å²) in [4.78, 5) is 48.8. The molecule has 0 saturated carbocycles. The van der Waals surface area contributed by atoms with Gasteiger partial charge in [-0.2, -0.15) is 0 Å². The lowest BCUT2D eigenvalue weighted by Crippen LogP contribution is -2.49. The van der Waals surface area contributed by atoms with Gasteiger partial charge >= 0.3 is 0 Å². The number of Topliss-reactive ketones (excluding diaryl/α,β-unsaturated/α-hetero) is 2. The third kappa shape index (κ3) is 4.65. The van der Waals surface area contributed by atoms with Crippen molar-refractivity contribution in [2.75, 3.05) is 20.3 Å². The summed E-state index contributed by atoms with van der Waals surface area (Å²) in [7, 11) is 1.38. The number of likely N-dealkylation sites (tertiary alicyclic amines) is 1. The average molecular weight is 392 g/mol. The zero-order valence-corrected chi connectivity index (χ0v) is 16.2. The number of nitrogens with zero attached hydrogens (tertiary/aromatic N) is 2. The number of unbranched alkanes of at least 4 members (excludes halogenated alkanes) is 1. The van der Waals surface area contributed by atoms with E-state index in [1.807, 2.05) is 6.92 Å². The third-order valence-corrected chi connectivity index (χ3v) is 4.62. The van der Waals surface area contributed by atoms with Gasteiger partial charge in [-0.25, -0.2) is 0 Å². The number of piperidine rings is 1. The Morgan fingerprint density at radius 2 is 2.04 bits per heavy atom. The highest BCUT2D eigenvalue weighted by Gasteiger charge is 2.37. The van der Waals surface area contributed by atoms with Gasteiger partial charge in [0.15, 0.2) is 17.3 Å². The highest BCUT2D eigenvalue weighted by Crippen LogP contribution is 2.36. The summed E-state index contributed by atoms with van der Waals surface area (Å²) in [6.07, 6.45) is 1.68. The molecule has 1 aromatic carbocycles. The predicted molar refractivity (Wildman–Crippen MR) is 99.8 cm³/mol. The minimum Gasteiger partial charge on any atom is -0.493 e. The maximum Gasteiger partial charge on any atom is 0.286 e. The maximum absolute atomic E-state index is 13.0. The van der Waals surface area contributed by atoms with E-state index < -0.39 is 22.6 Å². The summed E-state index contributed by atoms with van der Waals surface area (Å²) in [5.41, 5.74) is -0.637. The van der Waals surface area contributed by atoms with Gasteiger partial charge in [-0.05, 0) is 13.3 Å². The largest absolute Gasteiger partial charge is 0.493 e. The number of ketones is 2. The quantitative estimate of drug-likeness (QED) is 0.379. The van der Waals surface area contributed by atoms with E-state index in [1.165, 1.54) is 31.1 Å². The Bertz CT molecular complexity index is 791. The number of nitro groups is 1. The molecule has 0 aliphatic carbocycles. The van der Waals surface area contributed by atoms with Crippen molar-refractivity contribution in [1.82, 2.24) is 4.90 Å². The second kappa shape index (κ2) is 9.29. The SMILES string of the molecule is CCCCOc1cc([N+](=O)[O-])c(C(=O)N2CCC(=O)C[C@H]2C(C)=O)cc1OC. The number of rotatable bonds is 8. The molecule has 2 rings (SSSR count). The van der Waals surface area contributed by atoms with Crippen molar-refractivity contribution in [2.45, 2.75) is 45.6 Å². The molecule has 0 aromatic heterocycles. The van der Waals surface area contributed by atoms with Gasteiger partial charge < -0.3 is 14.4 Å². The molecule has 9 heteroatoms. The smallest absolute Gasteiger partial charge is 0.286 e. The fraction of sp³-hybridized carbons (Fsp3) is 0.526. The first-order valence-electron chi connectivity index (χ1n) is 9.12. The number of carbonyl (C=O) groups is 3. The van der Waals surface area contributed by atoms with Crippen LogP contribution in [0.5, 0.6) is 11.5 Å². The van der Waals surface area contributed by atoms with E-state index in [2.05, 4.69) is 0 Å². The first-order chi connectivity index (χ1) is 13.3. The lowest BCUT2D eigenvalue weighted by molar-refractivity contribution is -0.385. The van der Waals surface area contributed by atoms with Gasteiger partial charge in [-0.3, -0.25) is 24.5 Å². The molecule has 0 bridgehead atoms. The van der Waals surface area contributed by atoms with Crippen LogP contribution in [-0.2, 0) is 9.59 Å². The molecule has 1 aromatic rings. The van der Waals surface area contributed by atoms with Gasteiger partial charge in [0.25, 0.3) is 11.6 Å². The summed E-state index contributed by atoms with van der Waals surface area (Å²) < 4.78 is 10.8.